The summed E-state index contributed by atoms with van der Waals surface area (Å²) in [5, 5.41) is 3.08. The van der Waals surface area contributed by atoms with Crippen molar-refractivity contribution < 1.29 is 14.3 Å². The molecule has 1 N–H and O–H groups in total. The Morgan fingerprint density at radius 3 is 2.46 bits per heavy atom. The minimum absolute atomic E-state index is 0.0758. The van der Waals surface area contributed by atoms with Crippen molar-refractivity contribution in [1.29, 1.82) is 0 Å². The largest absolute Gasteiger partial charge is 0.497 e. The van der Waals surface area contributed by atoms with Crippen molar-refractivity contribution >= 4 is 11.5 Å². The minimum Gasteiger partial charge on any atom is -0.497 e. The van der Waals surface area contributed by atoms with Crippen molar-refractivity contribution in [2.75, 3.05) is 40.0 Å². The van der Waals surface area contributed by atoms with E-state index in [4.69, 9.17) is 9.47 Å². The molecule has 0 bridgehead atoms. The summed E-state index contributed by atoms with van der Waals surface area (Å²) in [6.07, 6.45) is 1.67. The summed E-state index contributed by atoms with van der Waals surface area (Å²) in [5.41, 5.74) is 3.16. The zero-order valence-electron chi connectivity index (χ0n) is 16.6. The quantitative estimate of drug-likeness (QED) is 0.749. The molecule has 5 nitrogen and oxygen atoms in total. The zero-order valence-corrected chi connectivity index (χ0v) is 16.6. The van der Waals surface area contributed by atoms with Gasteiger partial charge in [-0.25, -0.2) is 0 Å². The molecule has 1 heterocycles. The van der Waals surface area contributed by atoms with Gasteiger partial charge < -0.3 is 14.8 Å². The zero-order chi connectivity index (χ0) is 19.8. The monoisotopic (exact) mass is 380 g/mol. The second-order valence-electron chi connectivity index (χ2n) is 6.88. The van der Waals surface area contributed by atoms with Gasteiger partial charge in [-0.3, -0.25) is 9.69 Å². The van der Waals surface area contributed by atoms with Gasteiger partial charge >= 0.3 is 0 Å². The minimum atomic E-state index is -0.0758. The van der Waals surface area contributed by atoms with Crippen molar-refractivity contribution in [1.82, 2.24) is 10.2 Å². The van der Waals surface area contributed by atoms with Crippen LogP contribution in [-0.4, -0.2) is 50.8 Å². The van der Waals surface area contributed by atoms with E-state index in [0.29, 0.717) is 19.8 Å². The molecule has 2 aromatic rings. The summed E-state index contributed by atoms with van der Waals surface area (Å²) >= 11 is 0. The Balaban J connectivity index is 1.69. The molecule has 1 saturated heterocycles. The van der Waals surface area contributed by atoms with E-state index in [0.717, 1.165) is 35.5 Å². The number of hydrogen-bond donors (Lipinski definition) is 1. The van der Waals surface area contributed by atoms with Crippen molar-refractivity contribution in [2.24, 2.45) is 0 Å². The average Bonchev–Trinajstić information content (AvgIpc) is 2.75. The smallest absolute Gasteiger partial charge is 0.244 e. The summed E-state index contributed by atoms with van der Waals surface area (Å²) in [7, 11) is 1.66. The standard InChI is InChI=1S/C23H28N2O3/c1-18(19-6-4-3-5-7-19)16-23(26)24-17-22(25-12-14-28-15-13-25)20-8-10-21(27-2)11-9-20/h3-11,16,22H,12-15,17H2,1-2H3,(H,24,26)/b18-16+. The molecule has 0 radical (unpaired) electrons. The number of morpholine rings is 1. The van der Waals surface area contributed by atoms with E-state index < -0.39 is 0 Å². The van der Waals surface area contributed by atoms with E-state index >= 15 is 0 Å². The number of carbonyl (C=O) groups is 1. The summed E-state index contributed by atoms with van der Waals surface area (Å²) in [4.78, 5) is 14.9. The summed E-state index contributed by atoms with van der Waals surface area (Å²) in [5.74, 6) is 0.753. The summed E-state index contributed by atoms with van der Waals surface area (Å²) < 4.78 is 10.8. The third kappa shape index (κ3) is 5.44. The molecule has 0 aliphatic carbocycles. The highest BCUT2D eigenvalue weighted by Crippen LogP contribution is 2.23. The number of allylic oxidation sites excluding steroid dienone is 1. The first-order chi connectivity index (χ1) is 13.7. The van der Waals surface area contributed by atoms with Crippen LogP contribution < -0.4 is 10.1 Å². The number of carbonyl (C=O) groups excluding carboxylic acids is 1. The van der Waals surface area contributed by atoms with Crippen LogP contribution in [0.2, 0.25) is 0 Å². The third-order valence-electron chi connectivity index (χ3n) is 5.03. The first-order valence-corrected chi connectivity index (χ1v) is 9.64. The fraction of sp³-hybridized carbons (Fsp3) is 0.348. The Morgan fingerprint density at radius 2 is 1.82 bits per heavy atom. The Morgan fingerprint density at radius 1 is 1.14 bits per heavy atom. The molecule has 2 aromatic carbocycles. The third-order valence-corrected chi connectivity index (χ3v) is 5.03. The fourth-order valence-corrected chi connectivity index (χ4v) is 3.40. The first kappa shape index (κ1) is 20.1. The number of hydrogen-bond acceptors (Lipinski definition) is 4. The molecule has 0 saturated carbocycles. The topological polar surface area (TPSA) is 50.8 Å². The van der Waals surface area contributed by atoms with Gasteiger partial charge in [0.05, 0.1) is 26.4 Å². The predicted molar refractivity (Wildman–Crippen MR) is 111 cm³/mol. The van der Waals surface area contributed by atoms with Gasteiger partial charge in [0, 0.05) is 25.7 Å². The number of nitrogens with zero attached hydrogens (tertiary/aromatic N) is 1. The van der Waals surface area contributed by atoms with Crippen LogP contribution in [0.25, 0.3) is 5.57 Å². The number of amides is 1. The normalized spacial score (nSPS) is 16.4. The first-order valence-electron chi connectivity index (χ1n) is 9.64. The molecular formula is C23H28N2O3. The van der Waals surface area contributed by atoms with Gasteiger partial charge in [0.1, 0.15) is 5.75 Å². The SMILES string of the molecule is COc1ccc(C(CNC(=O)/C=C(\C)c2ccccc2)N2CCOCC2)cc1. The molecule has 0 spiro atoms. The van der Waals surface area contributed by atoms with Crippen molar-refractivity contribution in [3.63, 3.8) is 0 Å². The maximum absolute atomic E-state index is 12.5. The molecule has 1 unspecified atom stereocenters. The summed E-state index contributed by atoms with van der Waals surface area (Å²) in [6.45, 7) is 5.64. The Hall–Kier alpha value is -2.63. The van der Waals surface area contributed by atoms with Crippen LogP contribution in [0.3, 0.4) is 0 Å². The van der Waals surface area contributed by atoms with Crippen LogP contribution in [0.1, 0.15) is 24.1 Å². The van der Waals surface area contributed by atoms with E-state index in [1.165, 1.54) is 0 Å². The maximum atomic E-state index is 12.5. The van der Waals surface area contributed by atoms with Crippen molar-refractivity contribution in [3.8, 4) is 5.75 Å². The average molecular weight is 380 g/mol. The molecule has 1 amide bonds. The van der Waals surface area contributed by atoms with Crippen LogP contribution in [0, 0.1) is 0 Å². The lowest BCUT2D eigenvalue weighted by molar-refractivity contribution is -0.116. The van der Waals surface area contributed by atoms with Crippen LogP contribution >= 0.6 is 0 Å². The molecule has 1 aliphatic rings. The van der Waals surface area contributed by atoms with Crippen LogP contribution in [-0.2, 0) is 9.53 Å². The Labute approximate surface area is 167 Å². The number of ether oxygens (including phenoxy) is 2. The fourth-order valence-electron chi connectivity index (χ4n) is 3.40. The van der Waals surface area contributed by atoms with Crippen molar-refractivity contribution in [3.05, 3.63) is 71.8 Å². The van der Waals surface area contributed by atoms with Crippen LogP contribution in [0.4, 0.5) is 0 Å². The highest BCUT2D eigenvalue weighted by Gasteiger charge is 2.23. The second-order valence-corrected chi connectivity index (χ2v) is 6.88. The predicted octanol–water partition coefficient (Wildman–Crippen LogP) is 3.29. The molecule has 1 aliphatic heterocycles. The number of benzene rings is 2. The van der Waals surface area contributed by atoms with Crippen LogP contribution in [0.5, 0.6) is 5.75 Å². The second kappa shape index (κ2) is 10.1. The van der Waals surface area contributed by atoms with Crippen LogP contribution in [0.15, 0.2) is 60.7 Å². The van der Waals surface area contributed by atoms with Gasteiger partial charge in [-0.15, -0.1) is 0 Å². The highest BCUT2D eigenvalue weighted by atomic mass is 16.5. The van der Waals surface area contributed by atoms with Crippen molar-refractivity contribution in [2.45, 2.75) is 13.0 Å². The summed E-state index contributed by atoms with van der Waals surface area (Å²) in [6, 6.07) is 18.1. The maximum Gasteiger partial charge on any atom is 0.244 e. The molecule has 1 fully saturated rings. The van der Waals surface area contributed by atoms with E-state index in [1.54, 1.807) is 13.2 Å². The number of methoxy groups -OCH3 is 1. The van der Waals surface area contributed by atoms with Gasteiger partial charge in [0.15, 0.2) is 0 Å². The molecule has 28 heavy (non-hydrogen) atoms. The molecule has 1 atom stereocenters. The molecular weight excluding hydrogens is 352 g/mol. The molecule has 148 valence electrons. The lowest BCUT2D eigenvalue weighted by Crippen LogP contribution is -2.43. The van der Waals surface area contributed by atoms with E-state index in [1.807, 2.05) is 49.4 Å². The van der Waals surface area contributed by atoms with Gasteiger partial charge in [-0.2, -0.15) is 0 Å². The van der Waals surface area contributed by atoms with Gasteiger partial charge in [-0.1, -0.05) is 42.5 Å². The van der Waals surface area contributed by atoms with Gasteiger partial charge in [-0.05, 0) is 35.8 Å². The molecule has 3 rings (SSSR count). The van der Waals surface area contributed by atoms with Gasteiger partial charge in [0.25, 0.3) is 0 Å². The Bertz CT molecular complexity index is 781. The lowest BCUT2D eigenvalue weighted by Gasteiger charge is -2.35. The molecule has 0 aromatic heterocycles. The van der Waals surface area contributed by atoms with Gasteiger partial charge in [0.2, 0.25) is 5.91 Å². The number of rotatable bonds is 7. The lowest BCUT2D eigenvalue weighted by atomic mass is 10.0. The Kier molecular flexibility index (Phi) is 7.23. The van der Waals surface area contributed by atoms with E-state index in [2.05, 4.69) is 22.3 Å². The molecule has 5 heteroatoms. The van der Waals surface area contributed by atoms with E-state index in [-0.39, 0.29) is 11.9 Å². The highest BCUT2D eigenvalue weighted by molar-refractivity contribution is 5.94. The number of nitrogens with one attached hydrogen (secondary N) is 1. The van der Waals surface area contributed by atoms with E-state index in [9.17, 15) is 4.79 Å².